The Balaban J connectivity index is 2.21. The summed E-state index contributed by atoms with van der Waals surface area (Å²) < 4.78 is 4.58. The van der Waals surface area contributed by atoms with Crippen LogP contribution in [-0.4, -0.2) is 37.5 Å². The number of allylic oxidation sites excluding steroid dienone is 2. The maximum Gasteiger partial charge on any atom is 0.305 e. The Hall–Kier alpha value is -2.36. The minimum Gasteiger partial charge on any atom is -0.469 e. The van der Waals surface area contributed by atoms with E-state index in [0.29, 0.717) is 13.0 Å². The number of rotatable bonds is 9. The van der Waals surface area contributed by atoms with Crippen molar-refractivity contribution in [2.24, 2.45) is 0 Å². The number of esters is 1. The molecule has 23 heavy (non-hydrogen) atoms. The first kappa shape index (κ1) is 18.7. The molecule has 0 aromatic heterocycles. The highest BCUT2D eigenvalue weighted by Crippen LogP contribution is 2.03. The predicted molar refractivity (Wildman–Crippen MR) is 92.7 cm³/mol. The SMILES string of the molecule is COC(=O)CCCCCN(C)C(=O)C=CC=Cc1ccccc1. The van der Waals surface area contributed by atoms with Crippen molar-refractivity contribution in [3.05, 3.63) is 54.1 Å². The van der Waals surface area contributed by atoms with Crippen LogP contribution < -0.4 is 0 Å². The van der Waals surface area contributed by atoms with Crippen LogP contribution in [0.1, 0.15) is 31.2 Å². The zero-order chi connectivity index (χ0) is 16.9. The van der Waals surface area contributed by atoms with Crippen molar-refractivity contribution in [3.63, 3.8) is 0 Å². The second kappa shape index (κ2) is 11.2. The third-order valence-corrected chi connectivity index (χ3v) is 3.42. The number of likely N-dealkylation sites (N-methyl/N-ethyl adjacent to an activating group) is 1. The number of ether oxygens (including phenoxy) is 1. The van der Waals surface area contributed by atoms with E-state index in [9.17, 15) is 9.59 Å². The quantitative estimate of drug-likeness (QED) is 0.303. The summed E-state index contributed by atoms with van der Waals surface area (Å²) >= 11 is 0. The number of carbonyl (C=O) groups is 2. The van der Waals surface area contributed by atoms with Gasteiger partial charge in [0, 0.05) is 26.1 Å². The Kier molecular flexibility index (Phi) is 9.13. The highest BCUT2D eigenvalue weighted by Gasteiger charge is 2.04. The number of benzene rings is 1. The second-order valence-corrected chi connectivity index (χ2v) is 5.28. The van der Waals surface area contributed by atoms with Gasteiger partial charge in [-0.1, -0.05) is 55.0 Å². The molecular formula is C19H25NO3. The predicted octanol–water partition coefficient (Wildman–Crippen LogP) is 3.45. The van der Waals surface area contributed by atoms with E-state index in [4.69, 9.17) is 0 Å². The third-order valence-electron chi connectivity index (χ3n) is 3.42. The van der Waals surface area contributed by atoms with E-state index in [1.165, 1.54) is 7.11 Å². The summed E-state index contributed by atoms with van der Waals surface area (Å²) in [4.78, 5) is 24.6. The zero-order valence-electron chi connectivity index (χ0n) is 13.9. The van der Waals surface area contributed by atoms with Crippen LogP contribution in [0, 0.1) is 0 Å². The van der Waals surface area contributed by atoms with Gasteiger partial charge in [0.25, 0.3) is 0 Å². The van der Waals surface area contributed by atoms with Crippen molar-refractivity contribution in [2.45, 2.75) is 25.7 Å². The van der Waals surface area contributed by atoms with Gasteiger partial charge in [-0.3, -0.25) is 9.59 Å². The summed E-state index contributed by atoms with van der Waals surface area (Å²) in [7, 11) is 3.18. The summed E-state index contributed by atoms with van der Waals surface area (Å²) in [6, 6.07) is 9.93. The summed E-state index contributed by atoms with van der Waals surface area (Å²) in [5.74, 6) is -0.196. The number of nitrogens with zero attached hydrogens (tertiary/aromatic N) is 1. The molecule has 0 unspecified atom stereocenters. The Bertz CT molecular complexity index is 535. The standard InChI is InChI=1S/C19H25NO3/c1-20(16-10-4-7-15-19(22)23-2)18(21)14-9-8-13-17-11-5-3-6-12-17/h3,5-6,8-9,11-14H,4,7,10,15-16H2,1-2H3. The van der Waals surface area contributed by atoms with Gasteiger partial charge in [-0.2, -0.15) is 0 Å². The first-order chi connectivity index (χ1) is 11.1. The van der Waals surface area contributed by atoms with Gasteiger partial charge in [-0.05, 0) is 18.4 Å². The highest BCUT2D eigenvalue weighted by atomic mass is 16.5. The molecule has 0 heterocycles. The summed E-state index contributed by atoms with van der Waals surface area (Å²) in [6.07, 6.45) is 10.2. The van der Waals surface area contributed by atoms with E-state index in [-0.39, 0.29) is 11.9 Å². The molecular weight excluding hydrogens is 290 g/mol. The molecule has 4 heteroatoms. The Labute approximate surface area is 138 Å². The van der Waals surface area contributed by atoms with E-state index in [2.05, 4.69) is 4.74 Å². The van der Waals surface area contributed by atoms with Crippen LogP contribution in [0.3, 0.4) is 0 Å². The minimum absolute atomic E-state index is 0.0179. The van der Waals surface area contributed by atoms with Gasteiger partial charge < -0.3 is 9.64 Å². The summed E-state index contributed by atoms with van der Waals surface area (Å²) in [5.41, 5.74) is 1.10. The van der Waals surface area contributed by atoms with Crippen LogP contribution in [0.4, 0.5) is 0 Å². The molecule has 0 saturated carbocycles. The normalized spacial score (nSPS) is 11.0. The lowest BCUT2D eigenvalue weighted by atomic mass is 10.2. The van der Waals surface area contributed by atoms with Crippen LogP contribution in [0.2, 0.25) is 0 Å². The maximum absolute atomic E-state index is 11.9. The first-order valence-corrected chi connectivity index (χ1v) is 7.85. The minimum atomic E-state index is -0.178. The lowest BCUT2D eigenvalue weighted by molar-refractivity contribution is -0.140. The molecule has 0 bridgehead atoms. The largest absolute Gasteiger partial charge is 0.469 e. The number of methoxy groups -OCH3 is 1. The zero-order valence-corrected chi connectivity index (χ0v) is 13.9. The molecule has 1 aromatic carbocycles. The number of hydrogen-bond acceptors (Lipinski definition) is 3. The van der Waals surface area contributed by atoms with E-state index in [1.54, 1.807) is 24.1 Å². The smallest absolute Gasteiger partial charge is 0.305 e. The lowest BCUT2D eigenvalue weighted by Crippen LogP contribution is -2.25. The molecule has 1 rings (SSSR count). The monoisotopic (exact) mass is 315 g/mol. The molecule has 0 aliphatic rings. The molecule has 0 aliphatic heterocycles. The van der Waals surface area contributed by atoms with Crippen molar-refractivity contribution < 1.29 is 14.3 Å². The Morgan fingerprint density at radius 3 is 2.52 bits per heavy atom. The van der Waals surface area contributed by atoms with Crippen molar-refractivity contribution in [1.82, 2.24) is 4.90 Å². The van der Waals surface area contributed by atoms with Gasteiger partial charge in [0.15, 0.2) is 0 Å². The molecule has 124 valence electrons. The van der Waals surface area contributed by atoms with E-state index < -0.39 is 0 Å². The molecule has 4 nitrogen and oxygen atoms in total. The van der Waals surface area contributed by atoms with Gasteiger partial charge in [0.05, 0.1) is 7.11 Å². The number of carbonyl (C=O) groups excluding carboxylic acids is 2. The van der Waals surface area contributed by atoms with Crippen LogP contribution in [0.15, 0.2) is 48.6 Å². The molecule has 0 atom stereocenters. The molecule has 0 spiro atoms. The summed E-state index contributed by atoms with van der Waals surface area (Å²) in [6.45, 7) is 0.687. The van der Waals surface area contributed by atoms with Crippen LogP contribution in [0.5, 0.6) is 0 Å². The van der Waals surface area contributed by atoms with Crippen LogP contribution in [-0.2, 0) is 14.3 Å². The highest BCUT2D eigenvalue weighted by molar-refractivity contribution is 5.87. The van der Waals surface area contributed by atoms with Crippen molar-refractivity contribution in [1.29, 1.82) is 0 Å². The van der Waals surface area contributed by atoms with E-state index in [0.717, 1.165) is 24.8 Å². The molecule has 0 saturated heterocycles. The summed E-state index contributed by atoms with van der Waals surface area (Å²) in [5, 5.41) is 0. The van der Waals surface area contributed by atoms with Gasteiger partial charge in [0.1, 0.15) is 0 Å². The number of unbranched alkanes of at least 4 members (excludes halogenated alkanes) is 2. The van der Waals surface area contributed by atoms with Crippen molar-refractivity contribution in [3.8, 4) is 0 Å². The van der Waals surface area contributed by atoms with Crippen LogP contribution in [0.25, 0.3) is 6.08 Å². The van der Waals surface area contributed by atoms with Crippen molar-refractivity contribution >= 4 is 18.0 Å². The lowest BCUT2D eigenvalue weighted by Gasteiger charge is -2.14. The average molecular weight is 315 g/mol. The van der Waals surface area contributed by atoms with E-state index >= 15 is 0 Å². The average Bonchev–Trinajstić information content (AvgIpc) is 2.58. The van der Waals surface area contributed by atoms with Gasteiger partial charge in [-0.15, -0.1) is 0 Å². The molecule has 0 fully saturated rings. The fourth-order valence-electron chi connectivity index (χ4n) is 2.00. The molecule has 0 N–H and O–H groups in total. The van der Waals surface area contributed by atoms with E-state index in [1.807, 2.05) is 42.5 Å². The van der Waals surface area contributed by atoms with Gasteiger partial charge >= 0.3 is 5.97 Å². The van der Waals surface area contributed by atoms with Gasteiger partial charge in [0.2, 0.25) is 5.91 Å². The molecule has 1 aromatic rings. The molecule has 0 radical (unpaired) electrons. The number of hydrogen-bond donors (Lipinski definition) is 0. The fraction of sp³-hybridized carbons (Fsp3) is 0.368. The maximum atomic E-state index is 11.9. The molecule has 0 aliphatic carbocycles. The topological polar surface area (TPSA) is 46.6 Å². The Morgan fingerprint density at radius 2 is 1.83 bits per heavy atom. The van der Waals surface area contributed by atoms with Gasteiger partial charge in [-0.25, -0.2) is 0 Å². The fourth-order valence-corrected chi connectivity index (χ4v) is 2.00. The Morgan fingerprint density at radius 1 is 1.09 bits per heavy atom. The molecule has 1 amide bonds. The number of amides is 1. The second-order valence-electron chi connectivity index (χ2n) is 5.28. The van der Waals surface area contributed by atoms with Crippen molar-refractivity contribution in [2.75, 3.05) is 20.7 Å². The first-order valence-electron chi connectivity index (χ1n) is 7.85. The third kappa shape index (κ3) is 8.61. The van der Waals surface area contributed by atoms with Crippen LogP contribution >= 0.6 is 0 Å².